The monoisotopic (exact) mass is 467 g/mol. The smallest absolute Gasteiger partial charge is 0.404 e. The standard InChI is InChI=1S/C19H28F3N3O5S/c1-12-8-23-13(2)10-30-16-7-14(24-31(27,28)11-19(20,21)22)5-6-15(16)18(26)25(3)9-17(12)29-4/h5-7,12-13,17,23-24H,8-11H2,1-4H3/t12-,13+,17+/m0/s1. The molecular formula is C19H28F3N3O5S. The van der Waals surface area contributed by atoms with Crippen LogP contribution in [0.4, 0.5) is 18.9 Å². The van der Waals surface area contributed by atoms with Crippen LogP contribution in [0.15, 0.2) is 18.2 Å². The number of rotatable bonds is 4. The van der Waals surface area contributed by atoms with Gasteiger partial charge in [0, 0.05) is 39.4 Å². The highest BCUT2D eigenvalue weighted by Gasteiger charge is 2.35. The Hall–Kier alpha value is -2.05. The molecule has 1 aromatic rings. The fourth-order valence-corrected chi connectivity index (χ4v) is 4.14. The van der Waals surface area contributed by atoms with Gasteiger partial charge in [0.25, 0.3) is 5.91 Å². The third-order valence-electron chi connectivity index (χ3n) is 4.85. The fourth-order valence-electron chi connectivity index (χ4n) is 3.15. The number of alkyl halides is 3. The summed E-state index contributed by atoms with van der Waals surface area (Å²) in [5.41, 5.74) is 0.0334. The first-order valence-corrected chi connectivity index (χ1v) is 11.3. The number of likely N-dealkylation sites (N-methyl/N-ethyl adjacent to an activating group) is 1. The molecule has 0 saturated carbocycles. The Morgan fingerprint density at radius 3 is 2.61 bits per heavy atom. The Morgan fingerprint density at radius 1 is 1.32 bits per heavy atom. The van der Waals surface area contributed by atoms with E-state index in [1.165, 1.54) is 23.1 Å². The number of carbonyl (C=O) groups excluding carboxylic acids is 1. The number of hydrogen-bond acceptors (Lipinski definition) is 6. The molecule has 31 heavy (non-hydrogen) atoms. The zero-order valence-electron chi connectivity index (χ0n) is 17.8. The van der Waals surface area contributed by atoms with Gasteiger partial charge in [-0.1, -0.05) is 6.92 Å². The minimum atomic E-state index is -4.88. The van der Waals surface area contributed by atoms with Crippen LogP contribution in [-0.2, 0) is 14.8 Å². The second-order valence-corrected chi connectivity index (χ2v) is 9.47. The predicted molar refractivity (Wildman–Crippen MR) is 110 cm³/mol. The van der Waals surface area contributed by atoms with Crippen LogP contribution < -0.4 is 14.8 Å². The third kappa shape index (κ3) is 7.54. The number of nitrogens with one attached hydrogen (secondary N) is 2. The molecule has 12 heteroatoms. The van der Waals surface area contributed by atoms with E-state index in [4.69, 9.17) is 9.47 Å². The number of fused-ring (bicyclic) bond motifs is 1. The van der Waals surface area contributed by atoms with Crippen LogP contribution in [0, 0.1) is 5.92 Å². The molecule has 0 aliphatic carbocycles. The zero-order chi connectivity index (χ0) is 23.4. The molecule has 0 unspecified atom stereocenters. The van der Waals surface area contributed by atoms with Gasteiger partial charge in [-0.2, -0.15) is 13.2 Å². The third-order valence-corrected chi connectivity index (χ3v) is 6.11. The molecule has 1 amide bonds. The number of benzene rings is 1. The number of methoxy groups -OCH3 is 1. The summed E-state index contributed by atoms with van der Waals surface area (Å²) in [6.45, 7) is 4.98. The van der Waals surface area contributed by atoms with E-state index in [-0.39, 0.29) is 47.6 Å². The fraction of sp³-hybridized carbons (Fsp3) is 0.632. The first kappa shape index (κ1) is 25.2. The molecule has 2 N–H and O–H groups in total. The molecule has 0 bridgehead atoms. The molecular weight excluding hydrogens is 439 g/mol. The van der Waals surface area contributed by atoms with Gasteiger partial charge in [-0.05, 0) is 25.0 Å². The van der Waals surface area contributed by atoms with Crippen molar-refractivity contribution in [1.29, 1.82) is 0 Å². The first-order chi connectivity index (χ1) is 14.3. The van der Waals surface area contributed by atoms with Crippen molar-refractivity contribution < 1.29 is 35.9 Å². The summed E-state index contributed by atoms with van der Waals surface area (Å²) >= 11 is 0. The van der Waals surface area contributed by atoms with E-state index in [0.29, 0.717) is 13.1 Å². The largest absolute Gasteiger partial charge is 0.491 e. The minimum Gasteiger partial charge on any atom is -0.491 e. The molecule has 1 aliphatic rings. The number of amides is 1. The van der Waals surface area contributed by atoms with E-state index in [0.717, 1.165) is 0 Å². The van der Waals surface area contributed by atoms with Crippen LogP contribution in [0.3, 0.4) is 0 Å². The number of ether oxygens (including phenoxy) is 2. The van der Waals surface area contributed by atoms with Gasteiger partial charge < -0.3 is 19.7 Å². The molecule has 2 rings (SSSR count). The highest BCUT2D eigenvalue weighted by atomic mass is 32.2. The Morgan fingerprint density at radius 2 is 2.00 bits per heavy atom. The van der Waals surface area contributed by atoms with Crippen molar-refractivity contribution in [1.82, 2.24) is 10.2 Å². The molecule has 176 valence electrons. The summed E-state index contributed by atoms with van der Waals surface area (Å²) in [5, 5.41) is 3.30. The minimum absolute atomic E-state index is 0.0697. The van der Waals surface area contributed by atoms with Gasteiger partial charge in [-0.15, -0.1) is 0 Å². The van der Waals surface area contributed by atoms with Gasteiger partial charge in [-0.25, -0.2) is 8.42 Å². The normalized spacial score (nSPS) is 23.9. The molecule has 1 aliphatic heterocycles. The quantitative estimate of drug-likeness (QED) is 0.704. The molecule has 1 heterocycles. The lowest BCUT2D eigenvalue weighted by Gasteiger charge is -2.30. The van der Waals surface area contributed by atoms with E-state index in [1.807, 2.05) is 18.6 Å². The lowest BCUT2D eigenvalue weighted by molar-refractivity contribution is -0.106. The van der Waals surface area contributed by atoms with E-state index < -0.39 is 22.0 Å². The molecule has 0 spiro atoms. The molecule has 8 nitrogen and oxygen atoms in total. The van der Waals surface area contributed by atoms with Gasteiger partial charge >= 0.3 is 6.18 Å². The van der Waals surface area contributed by atoms with Gasteiger partial charge in [0.05, 0.1) is 17.4 Å². The van der Waals surface area contributed by atoms with Crippen molar-refractivity contribution >= 4 is 21.6 Å². The molecule has 3 atom stereocenters. The summed E-state index contributed by atoms with van der Waals surface area (Å²) in [6.07, 6.45) is -5.10. The Labute approximate surface area is 180 Å². The molecule has 0 fully saturated rings. The van der Waals surface area contributed by atoms with Crippen LogP contribution in [0.5, 0.6) is 5.75 Å². The second-order valence-electron chi connectivity index (χ2n) is 7.74. The number of nitrogens with zero attached hydrogens (tertiary/aromatic N) is 1. The molecule has 0 radical (unpaired) electrons. The number of anilines is 1. The summed E-state index contributed by atoms with van der Waals surface area (Å²) in [5.74, 6) is -2.21. The Kier molecular flexibility index (Phi) is 8.17. The highest BCUT2D eigenvalue weighted by molar-refractivity contribution is 7.92. The van der Waals surface area contributed by atoms with Crippen LogP contribution in [0.1, 0.15) is 24.2 Å². The Bertz CT molecular complexity index is 879. The number of sulfonamides is 1. The average Bonchev–Trinajstić information content (AvgIpc) is 2.65. The van der Waals surface area contributed by atoms with Crippen molar-refractivity contribution in [2.45, 2.75) is 32.2 Å². The maximum Gasteiger partial charge on any atom is 0.404 e. The zero-order valence-corrected chi connectivity index (χ0v) is 18.6. The van der Waals surface area contributed by atoms with E-state index in [1.54, 1.807) is 14.2 Å². The van der Waals surface area contributed by atoms with Crippen molar-refractivity contribution in [3.05, 3.63) is 23.8 Å². The van der Waals surface area contributed by atoms with Gasteiger partial charge in [0.2, 0.25) is 10.0 Å². The van der Waals surface area contributed by atoms with Gasteiger partial charge in [0.15, 0.2) is 5.75 Å². The lowest BCUT2D eigenvalue weighted by Crippen LogP contribution is -2.44. The maximum atomic E-state index is 13.0. The van der Waals surface area contributed by atoms with Crippen molar-refractivity contribution in [3.63, 3.8) is 0 Å². The summed E-state index contributed by atoms with van der Waals surface area (Å²) in [6, 6.07) is 3.66. The van der Waals surface area contributed by atoms with Gasteiger partial charge in [-0.3, -0.25) is 9.52 Å². The molecule has 0 saturated heterocycles. The highest BCUT2D eigenvalue weighted by Crippen LogP contribution is 2.27. The number of hydrogen-bond donors (Lipinski definition) is 2. The topological polar surface area (TPSA) is 97.0 Å². The maximum absolute atomic E-state index is 13.0. The number of halogens is 3. The van der Waals surface area contributed by atoms with E-state index in [2.05, 4.69) is 5.32 Å². The van der Waals surface area contributed by atoms with Crippen LogP contribution in [0.2, 0.25) is 0 Å². The van der Waals surface area contributed by atoms with Crippen LogP contribution >= 0.6 is 0 Å². The van der Waals surface area contributed by atoms with Crippen LogP contribution in [0.25, 0.3) is 0 Å². The summed E-state index contributed by atoms with van der Waals surface area (Å²) < 4.78 is 74.2. The first-order valence-electron chi connectivity index (χ1n) is 9.67. The molecule has 1 aromatic carbocycles. The van der Waals surface area contributed by atoms with E-state index in [9.17, 15) is 26.4 Å². The number of carbonyl (C=O) groups is 1. The van der Waals surface area contributed by atoms with Gasteiger partial charge in [0.1, 0.15) is 12.4 Å². The second kappa shape index (κ2) is 10.0. The summed E-state index contributed by atoms with van der Waals surface area (Å²) in [7, 11) is -1.49. The lowest BCUT2D eigenvalue weighted by atomic mass is 10.0. The van der Waals surface area contributed by atoms with Crippen LogP contribution in [-0.4, -0.2) is 77.2 Å². The average molecular weight is 468 g/mol. The SMILES string of the molecule is CO[C@@H]1CN(C)C(=O)c2ccc(NS(=O)(=O)CC(F)(F)F)cc2OC[C@@H](C)NC[C@@H]1C. The summed E-state index contributed by atoms with van der Waals surface area (Å²) in [4.78, 5) is 14.4. The van der Waals surface area contributed by atoms with E-state index >= 15 is 0 Å². The Balaban J connectivity index is 2.35. The molecule has 0 aromatic heterocycles. The van der Waals surface area contributed by atoms with Crippen molar-refractivity contribution in [3.8, 4) is 5.75 Å². The van der Waals surface area contributed by atoms with Crippen molar-refractivity contribution in [2.24, 2.45) is 5.92 Å². The predicted octanol–water partition coefficient (Wildman–Crippen LogP) is 2.08. The van der Waals surface area contributed by atoms with Crippen molar-refractivity contribution in [2.75, 3.05) is 44.3 Å².